The SMILES string of the molecule is CC12CCCC1(CC(F)(F)C(F)(F)C(F)(F)C(F)(F)C(F)(F)F)N=C(c1ccccc1)c1ccccc12. The van der Waals surface area contributed by atoms with Crippen molar-refractivity contribution in [2.75, 3.05) is 0 Å². The molecule has 1 heterocycles. The summed E-state index contributed by atoms with van der Waals surface area (Å²) < 4.78 is 152. The molecule has 0 amide bonds. The molecule has 2 aromatic rings. The van der Waals surface area contributed by atoms with E-state index in [0.717, 1.165) is 0 Å². The van der Waals surface area contributed by atoms with Crippen molar-refractivity contribution >= 4 is 5.71 Å². The maximum absolute atomic E-state index is 15.1. The van der Waals surface area contributed by atoms with Crippen molar-refractivity contribution in [2.24, 2.45) is 4.99 Å². The molecule has 0 radical (unpaired) electrons. The van der Waals surface area contributed by atoms with Crippen LogP contribution >= 0.6 is 0 Å². The van der Waals surface area contributed by atoms with Crippen LogP contribution in [-0.4, -0.2) is 41.1 Å². The van der Waals surface area contributed by atoms with Gasteiger partial charge in [0.2, 0.25) is 0 Å². The second-order valence-corrected chi connectivity index (χ2v) is 9.69. The Morgan fingerprint density at radius 1 is 0.703 bits per heavy atom. The summed E-state index contributed by atoms with van der Waals surface area (Å²) in [6, 6.07) is 14.3. The average molecular weight is 543 g/mol. The molecular formula is C25H20F11N. The Morgan fingerprint density at radius 2 is 1.27 bits per heavy atom. The third-order valence-corrected chi connectivity index (χ3v) is 7.56. The fourth-order valence-electron chi connectivity index (χ4n) is 5.47. The van der Waals surface area contributed by atoms with Crippen LogP contribution in [0, 0.1) is 0 Å². The molecule has 2 atom stereocenters. The number of fused-ring (bicyclic) bond motifs is 3. The lowest BCUT2D eigenvalue weighted by Gasteiger charge is -2.48. The lowest BCUT2D eigenvalue weighted by Crippen LogP contribution is -2.67. The van der Waals surface area contributed by atoms with E-state index in [1.54, 1.807) is 54.6 Å². The van der Waals surface area contributed by atoms with Crippen LogP contribution in [0.4, 0.5) is 48.3 Å². The van der Waals surface area contributed by atoms with E-state index in [9.17, 15) is 39.5 Å². The van der Waals surface area contributed by atoms with Crippen LogP contribution in [-0.2, 0) is 5.41 Å². The molecule has 0 N–H and O–H groups in total. The Hall–Kier alpha value is -2.66. The fraction of sp³-hybridized carbons (Fsp3) is 0.480. The van der Waals surface area contributed by atoms with Gasteiger partial charge in [0.25, 0.3) is 0 Å². The number of halogens is 11. The van der Waals surface area contributed by atoms with Crippen molar-refractivity contribution in [3.63, 3.8) is 0 Å². The van der Waals surface area contributed by atoms with Gasteiger partial charge in [-0.2, -0.15) is 48.3 Å². The first kappa shape index (κ1) is 27.4. The molecule has 0 saturated heterocycles. The molecular weight excluding hydrogens is 523 g/mol. The lowest BCUT2D eigenvalue weighted by atomic mass is 9.62. The highest BCUT2D eigenvalue weighted by Crippen LogP contribution is 2.63. The molecule has 1 fully saturated rings. The van der Waals surface area contributed by atoms with Gasteiger partial charge in [0, 0.05) is 23.0 Å². The third kappa shape index (κ3) is 3.68. The van der Waals surface area contributed by atoms with E-state index >= 15 is 8.78 Å². The van der Waals surface area contributed by atoms with Gasteiger partial charge in [-0.15, -0.1) is 0 Å². The summed E-state index contributed by atoms with van der Waals surface area (Å²) in [5, 5.41) is 0. The van der Waals surface area contributed by atoms with Crippen LogP contribution in [0.5, 0.6) is 0 Å². The molecule has 4 rings (SSSR count). The van der Waals surface area contributed by atoms with Crippen molar-refractivity contribution in [1.82, 2.24) is 0 Å². The Kier molecular flexibility index (Phi) is 6.04. The van der Waals surface area contributed by atoms with E-state index in [1.165, 1.54) is 6.92 Å². The van der Waals surface area contributed by atoms with Gasteiger partial charge in [-0.25, -0.2) is 0 Å². The smallest absolute Gasteiger partial charge is 0.276 e. The van der Waals surface area contributed by atoms with E-state index in [1.807, 2.05) is 0 Å². The zero-order valence-electron chi connectivity index (χ0n) is 19.1. The highest BCUT2D eigenvalue weighted by molar-refractivity contribution is 6.15. The first-order valence-corrected chi connectivity index (χ1v) is 11.2. The predicted octanol–water partition coefficient (Wildman–Crippen LogP) is 8.21. The normalized spacial score (nSPS) is 24.9. The highest BCUT2D eigenvalue weighted by atomic mass is 19.4. The van der Waals surface area contributed by atoms with Gasteiger partial charge in [0.1, 0.15) is 0 Å². The number of hydrogen-bond donors (Lipinski definition) is 0. The maximum Gasteiger partial charge on any atom is 0.460 e. The molecule has 0 bridgehead atoms. The number of rotatable bonds is 6. The van der Waals surface area contributed by atoms with Crippen LogP contribution < -0.4 is 0 Å². The van der Waals surface area contributed by atoms with Crippen molar-refractivity contribution in [1.29, 1.82) is 0 Å². The van der Waals surface area contributed by atoms with Crippen LogP contribution in [0.3, 0.4) is 0 Å². The first-order chi connectivity index (χ1) is 16.8. The Balaban J connectivity index is 1.88. The summed E-state index contributed by atoms with van der Waals surface area (Å²) >= 11 is 0. The molecule has 1 aliphatic heterocycles. The van der Waals surface area contributed by atoms with E-state index in [2.05, 4.69) is 4.99 Å². The summed E-state index contributed by atoms with van der Waals surface area (Å²) in [6.07, 6.45) is -9.41. The third-order valence-electron chi connectivity index (χ3n) is 7.56. The summed E-state index contributed by atoms with van der Waals surface area (Å²) in [5.74, 6) is -27.9. The Morgan fingerprint density at radius 3 is 1.86 bits per heavy atom. The second kappa shape index (κ2) is 8.17. The molecule has 1 saturated carbocycles. The van der Waals surface area contributed by atoms with Crippen LogP contribution in [0.25, 0.3) is 0 Å². The first-order valence-electron chi connectivity index (χ1n) is 11.2. The quantitative estimate of drug-likeness (QED) is 0.326. The molecule has 2 unspecified atom stereocenters. The van der Waals surface area contributed by atoms with Gasteiger partial charge < -0.3 is 0 Å². The Labute approximate surface area is 204 Å². The van der Waals surface area contributed by atoms with Crippen molar-refractivity contribution in [3.8, 4) is 0 Å². The lowest BCUT2D eigenvalue weighted by molar-refractivity contribution is -0.423. The molecule has 0 spiro atoms. The molecule has 0 aromatic heterocycles. The largest absolute Gasteiger partial charge is 0.460 e. The van der Waals surface area contributed by atoms with Gasteiger partial charge in [0.05, 0.1) is 11.3 Å². The highest BCUT2D eigenvalue weighted by Gasteiger charge is 2.87. The van der Waals surface area contributed by atoms with Gasteiger partial charge in [0.15, 0.2) is 0 Å². The summed E-state index contributed by atoms with van der Waals surface area (Å²) in [4.78, 5) is 4.40. The zero-order chi connectivity index (χ0) is 27.7. The number of alkyl halides is 11. The molecule has 1 aliphatic carbocycles. The topological polar surface area (TPSA) is 12.4 Å². The Bertz CT molecular complexity index is 1200. The molecule has 12 heteroatoms. The number of aliphatic imine (C=N–C) groups is 1. The van der Waals surface area contributed by atoms with Crippen molar-refractivity contribution < 1.29 is 48.3 Å². The number of benzene rings is 2. The summed E-state index contributed by atoms with van der Waals surface area (Å²) in [5.41, 5.74) is -2.22. The van der Waals surface area contributed by atoms with E-state index in [0.29, 0.717) is 16.7 Å². The molecule has 202 valence electrons. The molecule has 37 heavy (non-hydrogen) atoms. The van der Waals surface area contributed by atoms with Crippen LogP contribution in [0.15, 0.2) is 59.6 Å². The average Bonchev–Trinajstić information content (AvgIpc) is 3.14. The summed E-state index contributed by atoms with van der Waals surface area (Å²) in [6.45, 7) is 1.43. The second-order valence-electron chi connectivity index (χ2n) is 9.69. The van der Waals surface area contributed by atoms with E-state index in [4.69, 9.17) is 0 Å². The minimum absolute atomic E-state index is 0.0991. The van der Waals surface area contributed by atoms with E-state index < -0.39 is 47.2 Å². The molecule has 1 nitrogen and oxygen atoms in total. The maximum atomic E-state index is 15.1. The number of nitrogens with zero attached hydrogens (tertiary/aromatic N) is 1. The minimum Gasteiger partial charge on any atom is -0.276 e. The number of hydrogen-bond acceptors (Lipinski definition) is 1. The fourth-order valence-corrected chi connectivity index (χ4v) is 5.47. The van der Waals surface area contributed by atoms with E-state index in [-0.39, 0.29) is 25.0 Å². The predicted molar refractivity (Wildman–Crippen MR) is 113 cm³/mol. The molecule has 2 aromatic carbocycles. The standard InChI is InChI=1S/C25H20F11N/c1-19-12-7-13-20(19,14-21(26,27)22(28,29)23(30,31)24(32,33)25(34,35)36)37-18(15-8-3-2-4-9-15)16-10-5-6-11-17(16)19/h2-6,8-11H,7,12-14H2,1H3. The van der Waals surface area contributed by atoms with Gasteiger partial charge in [-0.05, 0) is 18.4 Å². The van der Waals surface area contributed by atoms with Crippen LogP contribution in [0.1, 0.15) is 49.3 Å². The minimum atomic E-state index is -7.44. The van der Waals surface area contributed by atoms with Gasteiger partial charge in [-0.1, -0.05) is 67.9 Å². The van der Waals surface area contributed by atoms with Crippen molar-refractivity contribution in [2.45, 2.75) is 73.4 Å². The van der Waals surface area contributed by atoms with Gasteiger partial charge in [-0.3, -0.25) is 4.99 Å². The zero-order valence-corrected chi connectivity index (χ0v) is 19.1. The molecule has 2 aliphatic rings. The van der Waals surface area contributed by atoms with Crippen molar-refractivity contribution in [3.05, 3.63) is 71.3 Å². The van der Waals surface area contributed by atoms with Crippen LogP contribution in [0.2, 0.25) is 0 Å². The monoisotopic (exact) mass is 543 g/mol. The summed E-state index contributed by atoms with van der Waals surface area (Å²) in [7, 11) is 0. The van der Waals surface area contributed by atoms with Gasteiger partial charge >= 0.3 is 29.9 Å².